The van der Waals surface area contributed by atoms with Gasteiger partial charge in [-0.3, -0.25) is 4.79 Å². The zero-order valence-corrected chi connectivity index (χ0v) is 14.5. The Balaban J connectivity index is 2.28. The van der Waals surface area contributed by atoms with Crippen molar-refractivity contribution in [2.24, 2.45) is 5.92 Å². The number of esters is 1. The lowest BCUT2D eigenvalue weighted by molar-refractivity contribution is -0.119. The van der Waals surface area contributed by atoms with Gasteiger partial charge in [0, 0.05) is 10.8 Å². The molecule has 4 nitrogen and oxygen atoms in total. The largest absolute Gasteiger partial charge is 0.462 e. The van der Waals surface area contributed by atoms with Crippen LogP contribution >= 0.6 is 11.3 Å². The zero-order chi connectivity index (χ0) is 16.1. The second-order valence-electron chi connectivity index (χ2n) is 5.81. The first-order valence-electron chi connectivity index (χ1n) is 8.20. The predicted octanol–water partition coefficient (Wildman–Crippen LogP) is 4.18. The Morgan fingerprint density at radius 1 is 1.27 bits per heavy atom. The maximum absolute atomic E-state index is 12.3. The summed E-state index contributed by atoms with van der Waals surface area (Å²) in [5, 5.41) is 3.65. The number of ether oxygens (including phenoxy) is 1. The third-order valence-electron chi connectivity index (χ3n) is 4.06. The Morgan fingerprint density at radius 3 is 2.68 bits per heavy atom. The highest BCUT2D eigenvalue weighted by molar-refractivity contribution is 7.17. The average molecular weight is 323 g/mol. The zero-order valence-electron chi connectivity index (χ0n) is 13.7. The molecular formula is C17H25NO3S. The van der Waals surface area contributed by atoms with Crippen LogP contribution in [0.1, 0.15) is 67.3 Å². The minimum Gasteiger partial charge on any atom is -0.462 e. The molecule has 0 saturated heterocycles. The van der Waals surface area contributed by atoms with Crippen molar-refractivity contribution in [3.8, 4) is 0 Å². The van der Waals surface area contributed by atoms with E-state index in [1.165, 1.54) is 4.88 Å². The molecule has 0 fully saturated rings. The standard InChI is InChI=1S/C17H25NO3S/c1-4-8-11(3)15(19)18-16-14(17(20)21-5-2)12-9-6-7-10-13(12)22-16/h11H,4-10H2,1-3H3,(H,18,19). The fourth-order valence-electron chi connectivity index (χ4n) is 2.87. The summed E-state index contributed by atoms with van der Waals surface area (Å²) in [5.41, 5.74) is 1.69. The maximum atomic E-state index is 12.3. The lowest BCUT2D eigenvalue weighted by Crippen LogP contribution is -2.21. The van der Waals surface area contributed by atoms with Crippen LogP contribution < -0.4 is 5.32 Å². The highest BCUT2D eigenvalue weighted by Crippen LogP contribution is 2.38. The highest BCUT2D eigenvalue weighted by Gasteiger charge is 2.27. The molecule has 0 aromatic carbocycles. The number of nitrogens with one attached hydrogen (secondary N) is 1. The Morgan fingerprint density at radius 2 is 2.00 bits per heavy atom. The van der Waals surface area contributed by atoms with Crippen molar-refractivity contribution >= 4 is 28.2 Å². The van der Waals surface area contributed by atoms with Crippen LogP contribution in [0, 0.1) is 5.92 Å². The number of fused-ring (bicyclic) bond motifs is 1. The number of rotatable bonds is 6. The van der Waals surface area contributed by atoms with E-state index in [0.29, 0.717) is 17.2 Å². The van der Waals surface area contributed by atoms with Crippen LogP contribution in [0.25, 0.3) is 0 Å². The number of aryl methyl sites for hydroxylation is 1. The first-order valence-corrected chi connectivity index (χ1v) is 9.02. The van der Waals surface area contributed by atoms with Crippen LogP contribution in [0.2, 0.25) is 0 Å². The van der Waals surface area contributed by atoms with Crippen molar-refractivity contribution in [2.45, 2.75) is 59.3 Å². The molecule has 22 heavy (non-hydrogen) atoms. The molecule has 1 aliphatic rings. The van der Waals surface area contributed by atoms with E-state index in [0.717, 1.165) is 44.1 Å². The molecule has 1 atom stereocenters. The topological polar surface area (TPSA) is 55.4 Å². The van der Waals surface area contributed by atoms with Crippen molar-refractivity contribution in [3.05, 3.63) is 16.0 Å². The van der Waals surface area contributed by atoms with Crippen LogP contribution in [-0.4, -0.2) is 18.5 Å². The fraction of sp³-hybridized carbons (Fsp3) is 0.647. The summed E-state index contributed by atoms with van der Waals surface area (Å²) in [5.74, 6) is -0.356. The van der Waals surface area contributed by atoms with Crippen LogP contribution in [-0.2, 0) is 22.4 Å². The second-order valence-corrected chi connectivity index (χ2v) is 6.92. The minimum absolute atomic E-state index is 0.00834. The van der Waals surface area contributed by atoms with E-state index in [9.17, 15) is 9.59 Å². The summed E-state index contributed by atoms with van der Waals surface area (Å²) in [6.45, 7) is 6.15. The second kappa shape index (κ2) is 7.77. The summed E-state index contributed by atoms with van der Waals surface area (Å²) in [6, 6.07) is 0. The molecule has 0 bridgehead atoms. The number of carbonyl (C=O) groups excluding carboxylic acids is 2. The third kappa shape index (κ3) is 3.69. The van der Waals surface area contributed by atoms with E-state index < -0.39 is 0 Å². The minimum atomic E-state index is -0.305. The van der Waals surface area contributed by atoms with Gasteiger partial charge in [0.05, 0.1) is 12.2 Å². The van der Waals surface area contributed by atoms with Crippen molar-refractivity contribution in [3.63, 3.8) is 0 Å². The lowest BCUT2D eigenvalue weighted by Gasteiger charge is -2.13. The molecule has 1 amide bonds. The predicted molar refractivity (Wildman–Crippen MR) is 89.6 cm³/mol. The van der Waals surface area contributed by atoms with Crippen molar-refractivity contribution in [1.29, 1.82) is 0 Å². The maximum Gasteiger partial charge on any atom is 0.341 e. The van der Waals surface area contributed by atoms with Crippen molar-refractivity contribution in [2.75, 3.05) is 11.9 Å². The smallest absolute Gasteiger partial charge is 0.341 e. The number of amides is 1. The molecule has 0 spiro atoms. The van der Waals surface area contributed by atoms with Crippen LogP contribution in [0.4, 0.5) is 5.00 Å². The molecule has 5 heteroatoms. The number of hydrogen-bond donors (Lipinski definition) is 1. The van der Waals surface area contributed by atoms with E-state index in [4.69, 9.17) is 4.74 Å². The molecule has 2 rings (SSSR count). The van der Waals surface area contributed by atoms with E-state index in [1.54, 1.807) is 18.3 Å². The normalized spacial score (nSPS) is 15.0. The van der Waals surface area contributed by atoms with Gasteiger partial charge in [-0.2, -0.15) is 0 Å². The Kier molecular flexibility index (Phi) is 6.00. The molecule has 0 radical (unpaired) electrons. The lowest BCUT2D eigenvalue weighted by atomic mass is 9.95. The van der Waals surface area contributed by atoms with Crippen LogP contribution in [0.3, 0.4) is 0 Å². The fourth-order valence-corrected chi connectivity index (χ4v) is 4.15. The van der Waals surface area contributed by atoms with Gasteiger partial charge in [0.1, 0.15) is 5.00 Å². The van der Waals surface area contributed by atoms with Gasteiger partial charge in [0.25, 0.3) is 0 Å². The summed E-state index contributed by atoms with van der Waals surface area (Å²) >= 11 is 1.55. The van der Waals surface area contributed by atoms with Gasteiger partial charge in [0.2, 0.25) is 5.91 Å². The molecule has 0 aliphatic heterocycles. The van der Waals surface area contributed by atoms with Crippen molar-refractivity contribution < 1.29 is 14.3 Å². The molecule has 1 unspecified atom stereocenters. The van der Waals surface area contributed by atoms with Gasteiger partial charge in [-0.1, -0.05) is 20.3 Å². The highest BCUT2D eigenvalue weighted by atomic mass is 32.1. The first kappa shape index (κ1) is 17.0. The van der Waals surface area contributed by atoms with E-state index >= 15 is 0 Å². The molecule has 1 aromatic rings. The Bertz CT molecular complexity index is 550. The number of hydrogen-bond acceptors (Lipinski definition) is 4. The van der Waals surface area contributed by atoms with Crippen molar-refractivity contribution in [1.82, 2.24) is 0 Å². The van der Waals surface area contributed by atoms with Gasteiger partial charge in [-0.15, -0.1) is 11.3 Å². The molecule has 0 saturated carbocycles. The van der Waals surface area contributed by atoms with Gasteiger partial charge < -0.3 is 10.1 Å². The quantitative estimate of drug-likeness (QED) is 0.799. The number of anilines is 1. The first-order chi connectivity index (χ1) is 10.6. The molecule has 1 N–H and O–H groups in total. The monoisotopic (exact) mass is 323 g/mol. The molecule has 1 aromatic heterocycles. The molecule has 122 valence electrons. The van der Waals surface area contributed by atoms with Crippen LogP contribution in [0.5, 0.6) is 0 Å². The Hall–Kier alpha value is -1.36. The van der Waals surface area contributed by atoms with Gasteiger partial charge in [-0.05, 0) is 44.6 Å². The molecular weight excluding hydrogens is 298 g/mol. The van der Waals surface area contributed by atoms with Gasteiger partial charge >= 0.3 is 5.97 Å². The molecule has 1 aliphatic carbocycles. The summed E-state index contributed by atoms with van der Waals surface area (Å²) in [6.07, 6.45) is 5.96. The Labute approximate surface area is 136 Å². The van der Waals surface area contributed by atoms with Gasteiger partial charge in [-0.25, -0.2) is 4.79 Å². The number of carbonyl (C=O) groups is 2. The summed E-state index contributed by atoms with van der Waals surface area (Å²) in [4.78, 5) is 25.8. The third-order valence-corrected chi connectivity index (χ3v) is 5.26. The number of thiophene rings is 1. The summed E-state index contributed by atoms with van der Waals surface area (Å²) in [7, 11) is 0. The van der Waals surface area contributed by atoms with E-state index in [2.05, 4.69) is 12.2 Å². The summed E-state index contributed by atoms with van der Waals surface area (Å²) < 4.78 is 5.20. The van der Waals surface area contributed by atoms with E-state index in [1.807, 2.05) is 6.92 Å². The SMILES string of the molecule is CCCC(C)C(=O)Nc1sc2c(c1C(=O)OCC)CCCC2. The molecule has 1 heterocycles. The van der Waals surface area contributed by atoms with E-state index in [-0.39, 0.29) is 17.8 Å². The average Bonchev–Trinajstić information content (AvgIpc) is 2.85. The van der Waals surface area contributed by atoms with Crippen LogP contribution in [0.15, 0.2) is 0 Å². The van der Waals surface area contributed by atoms with Gasteiger partial charge in [0.15, 0.2) is 0 Å².